The molecule has 1 aliphatic heterocycles. The Kier molecular flexibility index (Phi) is 8.65. The molecule has 2 heterocycles. The molecule has 4 N–H and O–H groups in total. The number of piperidine rings is 1. The summed E-state index contributed by atoms with van der Waals surface area (Å²) in [4.78, 5) is 43.9. The quantitative estimate of drug-likeness (QED) is 0.196. The van der Waals surface area contributed by atoms with Crippen molar-refractivity contribution in [1.29, 1.82) is 5.41 Å². The topological polar surface area (TPSA) is 169 Å². The largest absolute Gasteiger partial charge is 0.481 e. The molecule has 3 rings (SSSR count). The Balaban J connectivity index is 1.52. The fourth-order valence-electron chi connectivity index (χ4n) is 3.59. The van der Waals surface area contributed by atoms with E-state index in [4.69, 9.17) is 25.7 Å². The Labute approximate surface area is 200 Å². The molecule has 0 aliphatic carbocycles. The van der Waals surface area contributed by atoms with Crippen LogP contribution < -0.4 is 10.5 Å². The molecule has 0 radical (unpaired) electrons. The first-order valence-corrected chi connectivity index (χ1v) is 10.9. The van der Waals surface area contributed by atoms with Crippen molar-refractivity contribution in [2.24, 2.45) is 11.7 Å². The van der Waals surface area contributed by atoms with E-state index >= 15 is 0 Å². The lowest BCUT2D eigenvalue weighted by molar-refractivity contribution is -0.145. The highest BCUT2D eigenvalue weighted by molar-refractivity contribution is 5.95. The number of carboxylic acids is 1. The number of esters is 1. The number of hydrogen-bond acceptors (Lipinski definition) is 8. The number of carbonyl (C=O) groups excluding carboxylic acids is 2. The number of aliphatic carboxylic acids is 1. The molecule has 11 nitrogen and oxygen atoms in total. The van der Waals surface area contributed by atoms with Crippen molar-refractivity contribution in [3.63, 3.8) is 0 Å². The van der Waals surface area contributed by atoms with Gasteiger partial charge in [0, 0.05) is 42.2 Å². The van der Waals surface area contributed by atoms with Crippen LogP contribution in [0.15, 0.2) is 30.6 Å². The van der Waals surface area contributed by atoms with Crippen molar-refractivity contribution in [2.75, 3.05) is 19.7 Å². The zero-order valence-electron chi connectivity index (χ0n) is 18.9. The SMILES string of the molecule is N=C(N)CC(=O)OCc1cccc(-c2cnc(OCC3CCN(C(=O)CC(=O)O)CC3)nc2)c1F. The van der Waals surface area contributed by atoms with E-state index < -0.39 is 24.2 Å². The molecule has 1 aromatic heterocycles. The molecule has 0 saturated carbocycles. The van der Waals surface area contributed by atoms with Gasteiger partial charge >= 0.3 is 17.9 Å². The average Bonchev–Trinajstić information content (AvgIpc) is 2.82. The lowest BCUT2D eigenvalue weighted by Crippen LogP contribution is -2.40. The Bertz CT molecular complexity index is 1090. The summed E-state index contributed by atoms with van der Waals surface area (Å²) in [5.74, 6) is -2.98. The summed E-state index contributed by atoms with van der Waals surface area (Å²) < 4.78 is 25.5. The van der Waals surface area contributed by atoms with Gasteiger partial charge in [-0.05, 0) is 18.8 Å². The van der Waals surface area contributed by atoms with Gasteiger partial charge in [-0.2, -0.15) is 0 Å². The summed E-state index contributed by atoms with van der Waals surface area (Å²) in [6.07, 6.45) is 3.35. The molecule has 186 valence electrons. The van der Waals surface area contributed by atoms with E-state index in [1.807, 2.05) is 0 Å². The van der Waals surface area contributed by atoms with Gasteiger partial charge < -0.3 is 25.2 Å². The van der Waals surface area contributed by atoms with Gasteiger partial charge in [0.1, 0.15) is 31.1 Å². The molecule has 0 spiro atoms. The van der Waals surface area contributed by atoms with Crippen LogP contribution in [0.5, 0.6) is 6.01 Å². The molecule has 2 aromatic rings. The molecule has 1 saturated heterocycles. The Morgan fingerprint density at radius 2 is 1.86 bits per heavy atom. The van der Waals surface area contributed by atoms with E-state index in [-0.39, 0.29) is 47.8 Å². The normalized spacial score (nSPS) is 13.8. The number of rotatable bonds is 10. The molecular weight excluding hydrogens is 461 g/mol. The number of hydrogen-bond donors (Lipinski definition) is 3. The maximum Gasteiger partial charge on any atom is 0.316 e. The fraction of sp³-hybridized carbons (Fsp3) is 0.391. The standard InChI is InChI=1S/C23H26FN5O6/c24-22-15(13-34-21(33)8-18(25)26)2-1-3-17(22)16-10-27-23(28-11-16)35-12-14-4-6-29(7-5-14)19(30)9-20(31)32/h1-3,10-11,14H,4-9,12-13H2,(H3,25,26)(H,31,32). The number of likely N-dealkylation sites (tertiary alicyclic amines) is 1. The summed E-state index contributed by atoms with van der Waals surface area (Å²) in [6.45, 7) is 0.990. The highest BCUT2D eigenvalue weighted by Gasteiger charge is 2.24. The first-order valence-electron chi connectivity index (χ1n) is 10.9. The molecular formula is C23H26FN5O6. The molecule has 1 aromatic carbocycles. The zero-order valence-corrected chi connectivity index (χ0v) is 18.9. The van der Waals surface area contributed by atoms with Gasteiger partial charge in [0.25, 0.3) is 0 Å². The monoisotopic (exact) mass is 487 g/mol. The molecule has 12 heteroatoms. The summed E-state index contributed by atoms with van der Waals surface area (Å²) in [5, 5.41) is 15.8. The summed E-state index contributed by atoms with van der Waals surface area (Å²) in [6, 6.07) is 4.78. The van der Waals surface area contributed by atoms with Crippen LogP contribution in [-0.2, 0) is 25.7 Å². The fourth-order valence-corrected chi connectivity index (χ4v) is 3.59. The number of nitrogens with zero attached hydrogens (tertiary/aromatic N) is 3. The first kappa shape index (κ1) is 25.5. The minimum atomic E-state index is -1.14. The van der Waals surface area contributed by atoms with Crippen LogP contribution in [0, 0.1) is 17.1 Å². The lowest BCUT2D eigenvalue weighted by Gasteiger charge is -2.31. The van der Waals surface area contributed by atoms with Crippen LogP contribution in [0.1, 0.15) is 31.2 Å². The predicted molar refractivity (Wildman–Crippen MR) is 121 cm³/mol. The van der Waals surface area contributed by atoms with Gasteiger partial charge in [0.05, 0.1) is 6.61 Å². The second-order valence-electron chi connectivity index (χ2n) is 8.10. The Morgan fingerprint density at radius 1 is 1.17 bits per heavy atom. The number of amidine groups is 1. The summed E-state index contributed by atoms with van der Waals surface area (Å²) in [7, 11) is 0. The number of halogens is 1. The van der Waals surface area contributed by atoms with E-state index in [1.54, 1.807) is 17.0 Å². The lowest BCUT2D eigenvalue weighted by atomic mass is 9.97. The zero-order chi connectivity index (χ0) is 25.4. The number of nitrogens with two attached hydrogens (primary N) is 1. The second-order valence-corrected chi connectivity index (χ2v) is 8.10. The van der Waals surface area contributed by atoms with Crippen LogP contribution in [0.3, 0.4) is 0 Å². The molecule has 0 atom stereocenters. The third kappa shape index (κ3) is 7.45. The molecule has 1 fully saturated rings. The van der Waals surface area contributed by atoms with Gasteiger partial charge in [-0.15, -0.1) is 0 Å². The van der Waals surface area contributed by atoms with E-state index in [2.05, 4.69) is 9.97 Å². The average molecular weight is 487 g/mol. The third-order valence-electron chi connectivity index (χ3n) is 5.46. The number of ether oxygens (including phenoxy) is 2. The highest BCUT2D eigenvalue weighted by atomic mass is 19.1. The van der Waals surface area contributed by atoms with Crippen LogP contribution in [0.2, 0.25) is 0 Å². The van der Waals surface area contributed by atoms with E-state index in [1.165, 1.54) is 18.5 Å². The maximum absolute atomic E-state index is 14.9. The van der Waals surface area contributed by atoms with Gasteiger partial charge in [0.15, 0.2) is 0 Å². The molecule has 1 aliphatic rings. The number of carbonyl (C=O) groups is 3. The van der Waals surface area contributed by atoms with Crippen LogP contribution in [0.25, 0.3) is 11.1 Å². The van der Waals surface area contributed by atoms with Crippen LogP contribution in [-0.4, -0.2) is 63.4 Å². The van der Waals surface area contributed by atoms with Crippen molar-refractivity contribution in [3.8, 4) is 17.1 Å². The molecule has 0 bridgehead atoms. The number of amides is 1. The van der Waals surface area contributed by atoms with Gasteiger partial charge in [0.2, 0.25) is 5.91 Å². The van der Waals surface area contributed by atoms with Crippen molar-refractivity contribution in [3.05, 3.63) is 42.0 Å². The second kappa shape index (κ2) is 11.9. The first-order chi connectivity index (χ1) is 16.7. The maximum atomic E-state index is 14.9. The number of benzene rings is 1. The van der Waals surface area contributed by atoms with Crippen molar-refractivity contribution < 1.29 is 33.4 Å². The number of nitrogens with one attached hydrogen (secondary N) is 1. The van der Waals surface area contributed by atoms with E-state index in [0.717, 1.165) is 0 Å². The van der Waals surface area contributed by atoms with E-state index in [9.17, 15) is 18.8 Å². The third-order valence-corrected chi connectivity index (χ3v) is 5.46. The van der Waals surface area contributed by atoms with Crippen LogP contribution in [0.4, 0.5) is 4.39 Å². The minimum Gasteiger partial charge on any atom is -0.481 e. The highest BCUT2D eigenvalue weighted by Crippen LogP contribution is 2.25. The number of aromatic nitrogens is 2. The predicted octanol–water partition coefficient (Wildman–Crippen LogP) is 1.74. The van der Waals surface area contributed by atoms with Gasteiger partial charge in [-0.25, -0.2) is 14.4 Å². The summed E-state index contributed by atoms with van der Waals surface area (Å²) >= 11 is 0. The van der Waals surface area contributed by atoms with E-state index in [0.29, 0.717) is 38.1 Å². The van der Waals surface area contributed by atoms with Gasteiger partial charge in [-0.1, -0.05) is 18.2 Å². The minimum absolute atomic E-state index is 0.132. The van der Waals surface area contributed by atoms with Crippen molar-refractivity contribution in [1.82, 2.24) is 14.9 Å². The molecule has 35 heavy (non-hydrogen) atoms. The van der Waals surface area contributed by atoms with Gasteiger partial charge in [-0.3, -0.25) is 19.8 Å². The summed E-state index contributed by atoms with van der Waals surface area (Å²) in [5.41, 5.74) is 5.96. The van der Waals surface area contributed by atoms with Crippen molar-refractivity contribution in [2.45, 2.75) is 32.3 Å². The smallest absolute Gasteiger partial charge is 0.316 e. The molecule has 0 unspecified atom stereocenters. The number of carboxylic acid groups (broad SMARTS) is 1. The van der Waals surface area contributed by atoms with Crippen molar-refractivity contribution >= 4 is 23.7 Å². The Hall–Kier alpha value is -4.09. The molecule has 1 amide bonds. The van der Waals surface area contributed by atoms with Crippen LogP contribution >= 0.6 is 0 Å². The Morgan fingerprint density at radius 3 is 2.49 bits per heavy atom.